The summed E-state index contributed by atoms with van der Waals surface area (Å²) in [4.78, 5) is 14.4. The zero-order chi connectivity index (χ0) is 24.1. The van der Waals surface area contributed by atoms with Crippen LogP contribution >= 0.6 is 11.8 Å². The summed E-state index contributed by atoms with van der Waals surface area (Å²) in [5.74, 6) is -0.200. The maximum atomic E-state index is 13.2. The lowest BCUT2D eigenvalue weighted by Crippen LogP contribution is -2.53. The standard InChI is InChI=1S/C30H32O4S/c1-22(35-26-15-9-4-10-16-26)17-27(31)34-28-29-32-21-25(33-29)20-30(28,18-23-11-5-2-6-12-23)19-24-13-7-3-8-14-24/h2-16,22,25,28-29H,17-21H2,1H3/t22-,25+,28-,29-/m1/s1. The van der Waals surface area contributed by atoms with E-state index in [0.29, 0.717) is 13.0 Å². The molecule has 0 saturated carbocycles. The summed E-state index contributed by atoms with van der Waals surface area (Å²) < 4.78 is 18.4. The van der Waals surface area contributed by atoms with Crippen LogP contribution in [0, 0.1) is 5.41 Å². The number of carbonyl (C=O) groups excluding carboxylic acids is 1. The number of esters is 1. The molecule has 0 spiro atoms. The minimum Gasteiger partial charge on any atom is -0.456 e. The van der Waals surface area contributed by atoms with Gasteiger partial charge in [0.05, 0.1) is 19.1 Å². The van der Waals surface area contributed by atoms with E-state index in [1.807, 2.05) is 30.3 Å². The number of ether oxygens (including phenoxy) is 3. The largest absolute Gasteiger partial charge is 0.456 e. The zero-order valence-electron chi connectivity index (χ0n) is 20.0. The summed E-state index contributed by atoms with van der Waals surface area (Å²) in [6.45, 7) is 2.61. The molecule has 4 atom stereocenters. The molecule has 5 heteroatoms. The molecule has 5 rings (SSSR count). The van der Waals surface area contributed by atoms with Crippen LogP contribution in [0.4, 0.5) is 0 Å². The number of thioether (sulfide) groups is 1. The van der Waals surface area contributed by atoms with E-state index in [1.165, 1.54) is 11.1 Å². The van der Waals surface area contributed by atoms with Gasteiger partial charge in [0.1, 0.15) is 0 Å². The molecule has 4 nitrogen and oxygen atoms in total. The fourth-order valence-electron chi connectivity index (χ4n) is 5.39. The van der Waals surface area contributed by atoms with Crippen LogP contribution < -0.4 is 0 Å². The van der Waals surface area contributed by atoms with E-state index in [-0.39, 0.29) is 22.7 Å². The fourth-order valence-corrected chi connectivity index (χ4v) is 6.38. The molecule has 2 heterocycles. The van der Waals surface area contributed by atoms with Crippen molar-refractivity contribution < 1.29 is 19.0 Å². The van der Waals surface area contributed by atoms with E-state index in [1.54, 1.807) is 11.8 Å². The number of carbonyl (C=O) groups is 1. The Morgan fingerprint density at radius 3 is 2.11 bits per heavy atom. The highest BCUT2D eigenvalue weighted by Crippen LogP contribution is 2.47. The molecular weight excluding hydrogens is 456 g/mol. The lowest BCUT2D eigenvalue weighted by molar-refractivity contribution is -0.224. The molecule has 182 valence electrons. The van der Waals surface area contributed by atoms with Gasteiger partial charge in [-0.3, -0.25) is 4.79 Å². The van der Waals surface area contributed by atoms with Gasteiger partial charge in [0.25, 0.3) is 0 Å². The van der Waals surface area contributed by atoms with Gasteiger partial charge in [-0.25, -0.2) is 0 Å². The Kier molecular flexibility index (Phi) is 7.57. The number of fused-ring (bicyclic) bond motifs is 2. The third-order valence-electron chi connectivity index (χ3n) is 6.85. The Labute approximate surface area is 212 Å². The lowest BCUT2D eigenvalue weighted by atomic mass is 9.67. The van der Waals surface area contributed by atoms with E-state index < -0.39 is 12.4 Å². The smallest absolute Gasteiger partial charge is 0.307 e. The monoisotopic (exact) mass is 488 g/mol. The Hall–Kier alpha value is -2.60. The van der Waals surface area contributed by atoms with Crippen molar-refractivity contribution in [1.29, 1.82) is 0 Å². The highest BCUT2D eigenvalue weighted by atomic mass is 32.2. The number of benzene rings is 3. The number of hydrogen-bond acceptors (Lipinski definition) is 5. The quantitative estimate of drug-likeness (QED) is 0.270. The number of hydrogen-bond donors (Lipinski definition) is 0. The molecule has 0 amide bonds. The van der Waals surface area contributed by atoms with E-state index in [0.717, 1.165) is 24.2 Å². The van der Waals surface area contributed by atoms with Crippen molar-refractivity contribution in [2.75, 3.05) is 6.61 Å². The van der Waals surface area contributed by atoms with E-state index >= 15 is 0 Å². The van der Waals surface area contributed by atoms with Gasteiger partial charge in [-0.1, -0.05) is 85.8 Å². The second-order valence-corrected chi connectivity index (χ2v) is 11.2. The molecule has 0 radical (unpaired) electrons. The Bertz CT molecular complexity index is 1050. The molecule has 0 aliphatic carbocycles. The van der Waals surface area contributed by atoms with Crippen LogP contribution in [0.15, 0.2) is 95.9 Å². The molecule has 35 heavy (non-hydrogen) atoms. The van der Waals surface area contributed by atoms with Gasteiger partial charge in [0, 0.05) is 15.6 Å². The summed E-state index contributed by atoms with van der Waals surface area (Å²) in [6.07, 6.45) is 1.75. The molecule has 0 N–H and O–H groups in total. The van der Waals surface area contributed by atoms with E-state index in [9.17, 15) is 4.79 Å². The Balaban J connectivity index is 1.38. The zero-order valence-corrected chi connectivity index (χ0v) is 20.9. The van der Waals surface area contributed by atoms with Crippen molar-refractivity contribution in [3.8, 4) is 0 Å². The molecule has 2 aliphatic rings. The van der Waals surface area contributed by atoms with Crippen LogP contribution in [0.2, 0.25) is 0 Å². The molecule has 3 aromatic carbocycles. The van der Waals surface area contributed by atoms with Crippen molar-refractivity contribution in [1.82, 2.24) is 0 Å². The first-order valence-corrected chi connectivity index (χ1v) is 13.2. The van der Waals surface area contributed by atoms with Crippen LogP contribution in [-0.2, 0) is 31.8 Å². The van der Waals surface area contributed by atoms with Gasteiger partial charge in [0.2, 0.25) is 0 Å². The van der Waals surface area contributed by atoms with E-state index in [4.69, 9.17) is 14.2 Å². The van der Waals surface area contributed by atoms with Crippen molar-refractivity contribution in [3.05, 3.63) is 102 Å². The van der Waals surface area contributed by atoms with Crippen LogP contribution in [0.5, 0.6) is 0 Å². The minimum absolute atomic E-state index is 0.0231. The number of rotatable bonds is 9. The first kappa shape index (κ1) is 24.1. The lowest BCUT2D eigenvalue weighted by Gasteiger charge is -2.46. The van der Waals surface area contributed by atoms with Gasteiger partial charge >= 0.3 is 5.97 Å². The van der Waals surface area contributed by atoms with Gasteiger partial charge in [0.15, 0.2) is 12.4 Å². The molecular formula is C30H32O4S. The van der Waals surface area contributed by atoms with Gasteiger partial charge in [-0.05, 0) is 42.5 Å². The third-order valence-corrected chi connectivity index (χ3v) is 7.96. The average molecular weight is 489 g/mol. The Morgan fingerprint density at radius 2 is 1.51 bits per heavy atom. The highest BCUT2D eigenvalue weighted by molar-refractivity contribution is 8.00. The second-order valence-electron chi connectivity index (χ2n) is 9.71. The summed E-state index contributed by atoms with van der Waals surface area (Å²) in [7, 11) is 0. The maximum Gasteiger partial charge on any atom is 0.307 e. The molecule has 2 aliphatic heterocycles. The molecule has 2 saturated heterocycles. The highest BCUT2D eigenvalue weighted by Gasteiger charge is 2.55. The molecule has 2 bridgehead atoms. The van der Waals surface area contributed by atoms with Crippen LogP contribution in [-0.4, -0.2) is 36.3 Å². The second kappa shape index (κ2) is 11.0. The topological polar surface area (TPSA) is 44.8 Å². The Morgan fingerprint density at radius 1 is 0.943 bits per heavy atom. The summed E-state index contributed by atoms with van der Waals surface area (Å²) in [5, 5.41) is 0.101. The fraction of sp³-hybridized carbons (Fsp3) is 0.367. The molecule has 2 fully saturated rings. The van der Waals surface area contributed by atoms with Crippen molar-refractivity contribution in [2.24, 2.45) is 5.41 Å². The van der Waals surface area contributed by atoms with Crippen molar-refractivity contribution >= 4 is 17.7 Å². The maximum absolute atomic E-state index is 13.2. The molecule has 0 aromatic heterocycles. The summed E-state index contributed by atoms with van der Waals surface area (Å²) in [6, 6.07) is 31.1. The van der Waals surface area contributed by atoms with Gasteiger partial charge in [-0.2, -0.15) is 0 Å². The van der Waals surface area contributed by atoms with Crippen molar-refractivity contribution in [2.45, 2.75) is 61.3 Å². The average Bonchev–Trinajstić information content (AvgIpc) is 3.26. The first-order valence-electron chi connectivity index (χ1n) is 12.4. The first-order chi connectivity index (χ1) is 17.1. The SMILES string of the molecule is C[C@H](CC(=O)O[C@@H]1[C@@H]2OC[C@H](CC1(Cc1ccccc1)Cc1ccccc1)O2)Sc1ccccc1. The van der Waals surface area contributed by atoms with Crippen LogP contribution in [0.3, 0.4) is 0 Å². The predicted molar refractivity (Wildman–Crippen MR) is 138 cm³/mol. The summed E-state index contributed by atoms with van der Waals surface area (Å²) in [5.41, 5.74) is 2.16. The molecule has 0 unspecified atom stereocenters. The predicted octanol–water partition coefficient (Wildman–Crippen LogP) is 6.09. The van der Waals surface area contributed by atoms with Gasteiger partial charge in [-0.15, -0.1) is 11.8 Å². The third kappa shape index (κ3) is 5.97. The van der Waals surface area contributed by atoms with Crippen LogP contribution in [0.1, 0.15) is 30.9 Å². The normalized spacial score (nSPS) is 23.5. The van der Waals surface area contributed by atoms with Crippen molar-refractivity contribution in [3.63, 3.8) is 0 Å². The van der Waals surface area contributed by atoms with E-state index in [2.05, 4.69) is 67.6 Å². The summed E-state index contributed by atoms with van der Waals surface area (Å²) >= 11 is 1.69. The minimum atomic E-state index is -0.526. The van der Waals surface area contributed by atoms with Crippen LogP contribution in [0.25, 0.3) is 0 Å². The van der Waals surface area contributed by atoms with Gasteiger partial charge < -0.3 is 14.2 Å². The molecule has 3 aromatic rings.